The van der Waals surface area contributed by atoms with Crippen molar-refractivity contribution in [1.29, 1.82) is 0 Å². The molecule has 1 aliphatic rings. The Kier molecular flexibility index (Phi) is 7.83. The lowest BCUT2D eigenvalue weighted by atomic mass is 10.00. The van der Waals surface area contributed by atoms with Crippen LogP contribution in [0.2, 0.25) is 0 Å². The summed E-state index contributed by atoms with van der Waals surface area (Å²) in [6.45, 7) is 3.39. The van der Waals surface area contributed by atoms with E-state index >= 15 is 0 Å². The Balaban J connectivity index is 1.72. The summed E-state index contributed by atoms with van der Waals surface area (Å²) in [5.74, 6) is -1.73. The lowest BCUT2D eigenvalue weighted by Crippen LogP contribution is -2.49. The average molecular weight is 492 g/mol. The van der Waals surface area contributed by atoms with Gasteiger partial charge in [-0.1, -0.05) is 37.1 Å². The molecule has 1 aliphatic carbocycles. The quantitative estimate of drug-likeness (QED) is 0.482. The molecule has 0 bridgehead atoms. The number of furan rings is 1. The topological polar surface area (TPSA) is 91.7 Å². The molecule has 36 heavy (non-hydrogen) atoms. The Hall–Kier alpha value is -3.94. The predicted molar refractivity (Wildman–Crippen MR) is 134 cm³/mol. The van der Waals surface area contributed by atoms with Crippen LogP contribution in [-0.4, -0.2) is 30.3 Å². The molecule has 7 nitrogen and oxygen atoms in total. The van der Waals surface area contributed by atoms with Gasteiger partial charge in [-0.15, -0.1) is 0 Å². The highest BCUT2D eigenvalue weighted by atomic mass is 19.1. The van der Waals surface area contributed by atoms with Crippen molar-refractivity contribution in [3.8, 4) is 0 Å². The highest BCUT2D eigenvalue weighted by molar-refractivity contribution is 6.04. The number of carbonyl (C=O) groups is 3. The van der Waals surface area contributed by atoms with Crippen molar-refractivity contribution in [2.24, 2.45) is 0 Å². The third-order valence-corrected chi connectivity index (χ3v) is 6.43. The molecule has 1 fully saturated rings. The molecule has 0 radical (unpaired) electrons. The summed E-state index contributed by atoms with van der Waals surface area (Å²) < 4.78 is 18.9. The van der Waals surface area contributed by atoms with Gasteiger partial charge in [0.1, 0.15) is 11.9 Å². The highest BCUT2D eigenvalue weighted by Gasteiger charge is 2.35. The van der Waals surface area contributed by atoms with E-state index in [1.54, 1.807) is 6.07 Å². The zero-order valence-electron chi connectivity index (χ0n) is 20.4. The molecule has 4 rings (SSSR count). The van der Waals surface area contributed by atoms with Gasteiger partial charge in [0.25, 0.3) is 5.91 Å². The van der Waals surface area contributed by atoms with Gasteiger partial charge in [-0.2, -0.15) is 0 Å². The number of nitrogens with one attached hydrogen (secondary N) is 2. The van der Waals surface area contributed by atoms with Crippen LogP contribution in [0.5, 0.6) is 0 Å². The molecule has 8 heteroatoms. The second kappa shape index (κ2) is 11.2. The zero-order valence-corrected chi connectivity index (χ0v) is 20.4. The van der Waals surface area contributed by atoms with Crippen molar-refractivity contribution >= 4 is 23.4 Å². The van der Waals surface area contributed by atoms with Gasteiger partial charge in [0.05, 0.1) is 12.8 Å². The summed E-state index contributed by atoms with van der Waals surface area (Å²) in [6, 6.07) is 13.3. The van der Waals surface area contributed by atoms with Gasteiger partial charge in [-0.25, -0.2) is 4.39 Å². The molecular weight excluding hydrogens is 461 g/mol. The molecule has 3 amide bonds. The lowest BCUT2D eigenvalue weighted by Gasteiger charge is -2.33. The van der Waals surface area contributed by atoms with Crippen LogP contribution in [0.4, 0.5) is 10.1 Å². The maximum absolute atomic E-state index is 13.8. The average Bonchev–Trinajstić information content (AvgIpc) is 3.58. The molecular formula is C28H30FN3O4. The number of aryl methyl sites for hydroxylation is 2. The van der Waals surface area contributed by atoms with E-state index in [0.29, 0.717) is 11.3 Å². The van der Waals surface area contributed by atoms with Gasteiger partial charge in [-0.3, -0.25) is 19.3 Å². The number of rotatable bonds is 8. The van der Waals surface area contributed by atoms with Crippen molar-refractivity contribution in [1.82, 2.24) is 10.6 Å². The first-order chi connectivity index (χ1) is 17.3. The molecule has 0 spiro atoms. The smallest absolute Gasteiger partial charge is 0.287 e. The summed E-state index contributed by atoms with van der Waals surface area (Å²) in [6.07, 6.45) is 5.18. The molecule has 1 aromatic heterocycles. The van der Waals surface area contributed by atoms with Gasteiger partial charge in [0, 0.05) is 11.7 Å². The minimum absolute atomic E-state index is 0.0228. The minimum atomic E-state index is -1.06. The number of amides is 3. The van der Waals surface area contributed by atoms with Gasteiger partial charge in [-0.05, 0) is 73.7 Å². The number of hydrogen-bond acceptors (Lipinski definition) is 4. The Labute approximate surface area is 209 Å². The lowest BCUT2D eigenvalue weighted by molar-refractivity contribution is -0.126. The van der Waals surface area contributed by atoms with E-state index in [9.17, 15) is 18.8 Å². The predicted octanol–water partition coefficient (Wildman–Crippen LogP) is 4.60. The van der Waals surface area contributed by atoms with Crippen LogP contribution in [0, 0.1) is 19.7 Å². The van der Waals surface area contributed by atoms with E-state index < -0.39 is 23.7 Å². The first kappa shape index (κ1) is 25.2. The van der Waals surface area contributed by atoms with E-state index in [1.807, 2.05) is 32.0 Å². The SMILES string of the molecule is Cc1ccc(C)c(N(C(=O)CNC(=O)c2ccco2)C(C(=O)NC2CCCC2)c2ccc(F)cc2)c1. The fourth-order valence-electron chi connectivity index (χ4n) is 4.55. The van der Waals surface area contributed by atoms with Crippen molar-refractivity contribution in [3.05, 3.63) is 89.1 Å². The maximum atomic E-state index is 13.8. The Morgan fingerprint density at radius 3 is 2.44 bits per heavy atom. The largest absolute Gasteiger partial charge is 0.459 e. The normalized spacial score (nSPS) is 14.3. The van der Waals surface area contributed by atoms with Crippen molar-refractivity contribution in [3.63, 3.8) is 0 Å². The van der Waals surface area contributed by atoms with E-state index in [0.717, 1.165) is 36.8 Å². The molecule has 1 unspecified atom stereocenters. The van der Waals surface area contributed by atoms with E-state index in [4.69, 9.17) is 4.42 Å². The summed E-state index contributed by atoms with van der Waals surface area (Å²) >= 11 is 0. The number of carbonyl (C=O) groups excluding carboxylic acids is 3. The van der Waals surface area contributed by atoms with Crippen molar-refractivity contribution in [2.45, 2.75) is 51.6 Å². The number of anilines is 1. The van der Waals surface area contributed by atoms with Gasteiger partial charge < -0.3 is 15.1 Å². The van der Waals surface area contributed by atoms with Gasteiger partial charge in [0.15, 0.2) is 5.76 Å². The first-order valence-corrected chi connectivity index (χ1v) is 12.1. The van der Waals surface area contributed by atoms with Crippen LogP contribution in [0.1, 0.15) is 59.0 Å². The van der Waals surface area contributed by atoms with Crippen LogP contribution >= 0.6 is 0 Å². The third kappa shape index (κ3) is 5.82. The van der Waals surface area contributed by atoms with Crippen molar-refractivity contribution < 1.29 is 23.2 Å². The van der Waals surface area contributed by atoms with Gasteiger partial charge >= 0.3 is 0 Å². The number of hydrogen-bond donors (Lipinski definition) is 2. The van der Waals surface area contributed by atoms with Crippen molar-refractivity contribution in [2.75, 3.05) is 11.4 Å². The molecule has 0 saturated heterocycles. The van der Waals surface area contributed by atoms with Crippen LogP contribution in [0.25, 0.3) is 0 Å². The second-order valence-electron chi connectivity index (χ2n) is 9.16. The summed E-state index contributed by atoms with van der Waals surface area (Å²) in [7, 11) is 0. The fraction of sp³-hybridized carbons (Fsp3) is 0.321. The van der Waals surface area contributed by atoms with Gasteiger partial charge in [0.2, 0.25) is 11.8 Å². The Bertz CT molecular complexity index is 1220. The molecule has 3 aromatic rings. The molecule has 1 atom stereocenters. The second-order valence-corrected chi connectivity index (χ2v) is 9.16. The highest BCUT2D eigenvalue weighted by Crippen LogP contribution is 2.32. The van der Waals surface area contributed by atoms with E-state index in [2.05, 4.69) is 10.6 Å². The summed E-state index contributed by atoms with van der Waals surface area (Å²) in [5, 5.41) is 5.67. The zero-order chi connectivity index (χ0) is 25.7. The monoisotopic (exact) mass is 491 g/mol. The molecule has 0 aliphatic heterocycles. The van der Waals surface area contributed by atoms with Crippen LogP contribution in [0.15, 0.2) is 65.3 Å². The van der Waals surface area contributed by atoms with Crippen LogP contribution in [0.3, 0.4) is 0 Å². The van der Waals surface area contributed by atoms with Crippen LogP contribution < -0.4 is 15.5 Å². The summed E-state index contributed by atoms with van der Waals surface area (Å²) in [5.41, 5.74) is 2.70. The molecule has 2 aromatic carbocycles. The summed E-state index contributed by atoms with van der Waals surface area (Å²) in [4.78, 5) is 41.3. The molecule has 1 heterocycles. The number of halogens is 1. The molecule has 2 N–H and O–H groups in total. The Morgan fingerprint density at radius 2 is 1.78 bits per heavy atom. The number of benzene rings is 2. The van der Waals surface area contributed by atoms with E-state index in [-0.39, 0.29) is 24.3 Å². The standard InChI is InChI=1S/C28H30FN3O4/c1-18-9-10-19(2)23(16-18)32(25(33)17-30-27(34)24-8-5-15-36-24)26(20-11-13-21(29)14-12-20)28(35)31-22-6-3-4-7-22/h5,8-16,22,26H,3-4,6-7,17H2,1-2H3,(H,30,34)(H,31,35). The molecule has 188 valence electrons. The fourth-order valence-corrected chi connectivity index (χ4v) is 4.55. The maximum Gasteiger partial charge on any atom is 0.287 e. The number of nitrogens with zero attached hydrogens (tertiary/aromatic N) is 1. The molecule has 1 saturated carbocycles. The third-order valence-electron chi connectivity index (χ3n) is 6.43. The first-order valence-electron chi connectivity index (χ1n) is 12.1. The minimum Gasteiger partial charge on any atom is -0.459 e. The van der Waals surface area contributed by atoms with E-state index in [1.165, 1.54) is 41.5 Å². The van der Waals surface area contributed by atoms with Crippen LogP contribution in [-0.2, 0) is 9.59 Å². The Morgan fingerprint density at radius 1 is 1.06 bits per heavy atom.